The van der Waals surface area contributed by atoms with E-state index in [9.17, 15) is 0 Å². The van der Waals surface area contributed by atoms with Crippen LogP contribution in [-0.2, 0) is 0 Å². The van der Waals surface area contributed by atoms with E-state index in [2.05, 4.69) is 50.1 Å². The molecule has 2 rings (SSSR count). The zero-order valence-corrected chi connectivity index (χ0v) is 8.78. The maximum atomic E-state index is 4.34. The lowest BCUT2D eigenvalue weighted by Gasteiger charge is -2.05. The molecule has 2 aromatic rings. The van der Waals surface area contributed by atoms with Crippen molar-refractivity contribution in [1.29, 1.82) is 0 Å². The molecule has 0 spiro atoms. The van der Waals surface area contributed by atoms with Crippen LogP contribution in [0.5, 0.6) is 0 Å². The van der Waals surface area contributed by atoms with Crippen molar-refractivity contribution in [2.75, 3.05) is 0 Å². The zero-order valence-electron chi connectivity index (χ0n) is 8.78. The molecule has 72 valence electrons. The molecule has 0 bridgehead atoms. The summed E-state index contributed by atoms with van der Waals surface area (Å²) in [5, 5.41) is 4.34. The predicted molar refractivity (Wildman–Crippen MR) is 57.8 cm³/mol. The third-order valence-electron chi connectivity index (χ3n) is 2.50. The van der Waals surface area contributed by atoms with Gasteiger partial charge in [0.1, 0.15) is 0 Å². The molecule has 0 saturated heterocycles. The summed E-state index contributed by atoms with van der Waals surface area (Å²) in [5.41, 5.74) is 4.83. The minimum absolute atomic E-state index is 1.13. The van der Waals surface area contributed by atoms with E-state index in [0.717, 1.165) is 5.69 Å². The lowest BCUT2D eigenvalue weighted by Crippen LogP contribution is -1.98. The van der Waals surface area contributed by atoms with Crippen LogP contribution in [0.2, 0.25) is 0 Å². The Morgan fingerprint density at radius 1 is 1.14 bits per heavy atom. The molecule has 2 heteroatoms. The Kier molecular flexibility index (Phi) is 2.12. The van der Waals surface area contributed by atoms with Crippen molar-refractivity contribution in [1.82, 2.24) is 9.78 Å². The Bertz CT molecular complexity index is 455. The highest BCUT2D eigenvalue weighted by Gasteiger charge is 2.03. The summed E-state index contributed by atoms with van der Waals surface area (Å²) in [4.78, 5) is 0. The number of nitrogens with zero attached hydrogens (tertiary/aromatic N) is 2. The monoisotopic (exact) mass is 186 g/mol. The van der Waals surface area contributed by atoms with Crippen LogP contribution >= 0.6 is 0 Å². The Balaban J connectivity index is 2.55. The predicted octanol–water partition coefficient (Wildman–Crippen LogP) is 2.80. The molecule has 0 aliphatic rings. The SMILES string of the molecule is Cc1cccc(-n2ncc(C)c2C)c1. The number of hydrogen-bond acceptors (Lipinski definition) is 1. The second-order valence-corrected chi connectivity index (χ2v) is 3.66. The summed E-state index contributed by atoms with van der Waals surface area (Å²) >= 11 is 0. The molecule has 14 heavy (non-hydrogen) atoms. The van der Waals surface area contributed by atoms with Crippen molar-refractivity contribution in [3.63, 3.8) is 0 Å². The number of aryl methyl sites for hydroxylation is 2. The van der Waals surface area contributed by atoms with Gasteiger partial charge in [0.15, 0.2) is 0 Å². The van der Waals surface area contributed by atoms with Crippen molar-refractivity contribution in [3.8, 4) is 5.69 Å². The van der Waals surface area contributed by atoms with Gasteiger partial charge in [-0.1, -0.05) is 12.1 Å². The van der Waals surface area contributed by atoms with E-state index in [-0.39, 0.29) is 0 Å². The van der Waals surface area contributed by atoms with Gasteiger partial charge in [-0.15, -0.1) is 0 Å². The van der Waals surface area contributed by atoms with E-state index in [4.69, 9.17) is 0 Å². The normalized spacial score (nSPS) is 10.5. The fourth-order valence-electron chi connectivity index (χ4n) is 1.51. The van der Waals surface area contributed by atoms with Gasteiger partial charge in [0, 0.05) is 5.69 Å². The Hall–Kier alpha value is -1.57. The second-order valence-electron chi connectivity index (χ2n) is 3.66. The van der Waals surface area contributed by atoms with Gasteiger partial charge in [-0.25, -0.2) is 4.68 Å². The van der Waals surface area contributed by atoms with Crippen molar-refractivity contribution in [3.05, 3.63) is 47.3 Å². The highest BCUT2D eigenvalue weighted by molar-refractivity contribution is 5.37. The highest BCUT2D eigenvalue weighted by atomic mass is 15.3. The molecule has 0 fully saturated rings. The molecular formula is C12H14N2. The number of aromatic nitrogens is 2. The van der Waals surface area contributed by atoms with Gasteiger partial charge in [-0.05, 0) is 44.0 Å². The van der Waals surface area contributed by atoms with E-state index in [1.807, 2.05) is 10.9 Å². The van der Waals surface area contributed by atoms with Gasteiger partial charge in [0.25, 0.3) is 0 Å². The molecule has 1 heterocycles. The van der Waals surface area contributed by atoms with Crippen molar-refractivity contribution in [2.45, 2.75) is 20.8 Å². The Morgan fingerprint density at radius 2 is 1.93 bits per heavy atom. The Labute approximate surface area is 84.2 Å². The minimum Gasteiger partial charge on any atom is -0.238 e. The fourth-order valence-corrected chi connectivity index (χ4v) is 1.51. The molecule has 0 unspecified atom stereocenters. The standard InChI is InChI=1S/C12H14N2/c1-9-5-4-6-12(7-9)14-11(3)10(2)8-13-14/h4-8H,1-3H3. The first-order valence-corrected chi connectivity index (χ1v) is 4.77. The second kappa shape index (κ2) is 3.29. The van der Waals surface area contributed by atoms with Crippen molar-refractivity contribution in [2.24, 2.45) is 0 Å². The van der Waals surface area contributed by atoms with E-state index < -0.39 is 0 Å². The average molecular weight is 186 g/mol. The third-order valence-corrected chi connectivity index (χ3v) is 2.50. The van der Waals surface area contributed by atoms with E-state index in [0.29, 0.717) is 0 Å². The molecule has 2 nitrogen and oxygen atoms in total. The summed E-state index contributed by atoms with van der Waals surface area (Å²) < 4.78 is 1.97. The molecule has 0 aliphatic heterocycles. The summed E-state index contributed by atoms with van der Waals surface area (Å²) in [5.74, 6) is 0. The van der Waals surface area contributed by atoms with Crippen LogP contribution in [-0.4, -0.2) is 9.78 Å². The number of benzene rings is 1. The van der Waals surface area contributed by atoms with Gasteiger partial charge in [-0.3, -0.25) is 0 Å². The van der Waals surface area contributed by atoms with Crippen molar-refractivity contribution >= 4 is 0 Å². The molecule has 0 N–H and O–H groups in total. The van der Waals surface area contributed by atoms with Gasteiger partial charge >= 0.3 is 0 Å². The maximum absolute atomic E-state index is 4.34. The van der Waals surface area contributed by atoms with E-state index in [1.54, 1.807) is 0 Å². The minimum atomic E-state index is 1.13. The lowest BCUT2D eigenvalue weighted by atomic mass is 10.2. The molecule has 0 radical (unpaired) electrons. The average Bonchev–Trinajstić information content (AvgIpc) is 2.48. The summed E-state index contributed by atoms with van der Waals surface area (Å²) in [6.07, 6.45) is 1.90. The summed E-state index contributed by atoms with van der Waals surface area (Å²) in [7, 11) is 0. The maximum Gasteiger partial charge on any atom is 0.0651 e. The molecule has 1 aromatic carbocycles. The molecule has 0 saturated carbocycles. The third kappa shape index (κ3) is 1.43. The first-order valence-electron chi connectivity index (χ1n) is 4.77. The van der Waals surface area contributed by atoms with Gasteiger partial charge < -0.3 is 0 Å². The van der Waals surface area contributed by atoms with Gasteiger partial charge in [0.2, 0.25) is 0 Å². The largest absolute Gasteiger partial charge is 0.238 e. The van der Waals surface area contributed by atoms with Gasteiger partial charge in [0.05, 0.1) is 11.9 Å². The van der Waals surface area contributed by atoms with Crippen LogP contribution in [0.25, 0.3) is 5.69 Å². The van der Waals surface area contributed by atoms with E-state index >= 15 is 0 Å². The zero-order chi connectivity index (χ0) is 10.1. The van der Waals surface area contributed by atoms with Crippen LogP contribution in [0.15, 0.2) is 30.5 Å². The van der Waals surface area contributed by atoms with Crippen LogP contribution in [0.4, 0.5) is 0 Å². The molecule has 1 aromatic heterocycles. The van der Waals surface area contributed by atoms with Crippen LogP contribution < -0.4 is 0 Å². The molecule has 0 aliphatic carbocycles. The first-order chi connectivity index (χ1) is 6.68. The lowest BCUT2D eigenvalue weighted by molar-refractivity contribution is 0.844. The van der Waals surface area contributed by atoms with Gasteiger partial charge in [-0.2, -0.15) is 5.10 Å². The van der Waals surface area contributed by atoms with Crippen LogP contribution in [0.3, 0.4) is 0 Å². The Morgan fingerprint density at radius 3 is 2.50 bits per heavy atom. The number of hydrogen-bond donors (Lipinski definition) is 0. The van der Waals surface area contributed by atoms with E-state index in [1.165, 1.54) is 16.8 Å². The van der Waals surface area contributed by atoms with Crippen LogP contribution in [0, 0.1) is 20.8 Å². The smallest absolute Gasteiger partial charge is 0.0651 e. The van der Waals surface area contributed by atoms with Crippen molar-refractivity contribution < 1.29 is 0 Å². The topological polar surface area (TPSA) is 17.8 Å². The summed E-state index contributed by atoms with van der Waals surface area (Å²) in [6, 6.07) is 8.36. The molecule has 0 atom stereocenters. The summed E-state index contributed by atoms with van der Waals surface area (Å²) in [6.45, 7) is 6.26. The highest BCUT2D eigenvalue weighted by Crippen LogP contribution is 2.14. The number of rotatable bonds is 1. The van der Waals surface area contributed by atoms with Crippen LogP contribution in [0.1, 0.15) is 16.8 Å². The molecule has 0 amide bonds. The quantitative estimate of drug-likeness (QED) is 0.669. The fraction of sp³-hybridized carbons (Fsp3) is 0.250. The molecular weight excluding hydrogens is 172 g/mol. The first kappa shape index (κ1) is 9.00.